The van der Waals surface area contributed by atoms with Crippen LogP contribution in [-0.4, -0.2) is 19.0 Å². The molecule has 106 valence electrons. The maximum atomic E-state index is 12.1. The van der Waals surface area contributed by atoms with Crippen molar-refractivity contribution in [2.45, 2.75) is 0 Å². The zero-order chi connectivity index (χ0) is 14.6. The average Bonchev–Trinajstić information content (AvgIpc) is 2.91. The molecule has 0 saturated heterocycles. The first kappa shape index (κ1) is 11.9. The molecule has 1 N–H and O–H groups in total. The average molecular weight is 286 g/mol. The summed E-state index contributed by atoms with van der Waals surface area (Å²) in [7, 11) is 1.48. The minimum absolute atomic E-state index is 0.0393. The molecule has 1 aromatic heterocycles. The maximum absolute atomic E-state index is 12.1. The van der Waals surface area contributed by atoms with Crippen LogP contribution in [0.2, 0.25) is 0 Å². The van der Waals surface area contributed by atoms with E-state index in [1.807, 2.05) is 0 Å². The van der Waals surface area contributed by atoms with Gasteiger partial charge >= 0.3 is 5.63 Å². The second-order valence-electron chi connectivity index (χ2n) is 4.66. The van der Waals surface area contributed by atoms with Crippen molar-refractivity contribution in [1.29, 1.82) is 0 Å². The fraction of sp³-hybridized carbons (Fsp3) is 0.133. The lowest BCUT2D eigenvalue weighted by atomic mass is 10.1. The largest absolute Gasteiger partial charge is 0.508 e. The van der Waals surface area contributed by atoms with Crippen LogP contribution in [0.1, 0.15) is 0 Å². The van der Waals surface area contributed by atoms with Crippen LogP contribution in [0.25, 0.3) is 21.7 Å². The van der Waals surface area contributed by atoms with E-state index < -0.39 is 5.63 Å². The van der Waals surface area contributed by atoms with Crippen molar-refractivity contribution >= 4 is 21.7 Å². The van der Waals surface area contributed by atoms with Crippen molar-refractivity contribution in [3.8, 4) is 23.0 Å². The Hall–Kier alpha value is -2.89. The Balaban J connectivity index is 2.24. The molecule has 0 aliphatic carbocycles. The summed E-state index contributed by atoms with van der Waals surface area (Å²) in [5.74, 6) is 1.44. The van der Waals surface area contributed by atoms with Gasteiger partial charge in [-0.1, -0.05) is 0 Å². The number of hydrogen-bond donors (Lipinski definition) is 1. The van der Waals surface area contributed by atoms with Crippen molar-refractivity contribution in [2.24, 2.45) is 0 Å². The van der Waals surface area contributed by atoms with Gasteiger partial charge in [0.1, 0.15) is 17.1 Å². The van der Waals surface area contributed by atoms with E-state index >= 15 is 0 Å². The molecule has 6 nitrogen and oxygen atoms in total. The SMILES string of the molecule is COc1cc(O)cc2oc(=O)c3cc4c(cc3c12)OCO4. The van der Waals surface area contributed by atoms with Crippen LogP contribution in [0.5, 0.6) is 23.0 Å². The number of aromatic hydroxyl groups is 1. The van der Waals surface area contributed by atoms with Crippen molar-refractivity contribution in [1.82, 2.24) is 0 Å². The third kappa shape index (κ3) is 1.62. The predicted octanol–water partition coefficient (Wildman–Crippen LogP) is 2.39. The molecule has 0 amide bonds. The van der Waals surface area contributed by atoms with Crippen LogP contribution in [-0.2, 0) is 0 Å². The van der Waals surface area contributed by atoms with Gasteiger partial charge in [-0.15, -0.1) is 0 Å². The van der Waals surface area contributed by atoms with E-state index in [0.717, 1.165) is 0 Å². The Morgan fingerprint density at radius 3 is 2.52 bits per heavy atom. The fourth-order valence-corrected chi connectivity index (χ4v) is 2.56. The lowest BCUT2D eigenvalue weighted by molar-refractivity contribution is 0.174. The molecule has 6 heteroatoms. The Morgan fingerprint density at radius 1 is 1.10 bits per heavy atom. The van der Waals surface area contributed by atoms with Crippen molar-refractivity contribution in [2.75, 3.05) is 13.9 Å². The van der Waals surface area contributed by atoms with E-state index in [4.69, 9.17) is 18.6 Å². The second kappa shape index (κ2) is 4.05. The number of benzene rings is 2. The molecule has 0 bridgehead atoms. The number of hydrogen-bond acceptors (Lipinski definition) is 6. The first-order valence-corrected chi connectivity index (χ1v) is 6.24. The normalized spacial score (nSPS) is 13.0. The minimum atomic E-state index is -0.511. The standard InChI is InChI=1S/C15H10O6/c1-18-12-2-7(16)3-13-14(12)8-4-10-11(20-6-19-10)5-9(8)15(17)21-13/h2-5,16H,6H2,1H3. The smallest absolute Gasteiger partial charge is 0.344 e. The molecule has 2 aromatic carbocycles. The van der Waals surface area contributed by atoms with Gasteiger partial charge < -0.3 is 23.7 Å². The number of methoxy groups -OCH3 is 1. The molecule has 0 atom stereocenters. The molecule has 0 radical (unpaired) electrons. The zero-order valence-electron chi connectivity index (χ0n) is 11.0. The lowest BCUT2D eigenvalue weighted by Crippen LogP contribution is -2.00. The summed E-state index contributed by atoms with van der Waals surface area (Å²) in [5, 5.41) is 11.3. The summed E-state index contributed by atoms with van der Waals surface area (Å²) < 4.78 is 21.2. The van der Waals surface area contributed by atoms with Gasteiger partial charge in [0.05, 0.1) is 17.9 Å². The molecule has 0 saturated carbocycles. The third-order valence-electron chi connectivity index (χ3n) is 3.48. The molecular weight excluding hydrogens is 276 g/mol. The van der Waals surface area contributed by atoms with Crippen LogP contribution < -0.4 is 19.8 Å². The van der Waals surface area contributed by atoms with Crippen LogP contribution in [0.3, 0.4) is 0 Å². The predicted molar refractivity (Wildman–Crippen MR) is 74.3 cm³/mol. The highest BCUT2D eigenvalue weighted by molar-refractivity contribution is 6.09. The number of rotatable bonds is 1. The van der Waals surface area contributed by atoms with Gasteiger partial charge in [0.15, 0.2) is 11.5 Å². The summed E-state index contributed by atoms with van der Waals surface area (Å²) in [6.07, 6.45) is 0. The Morgan fingerprint density at radius 2 is 1.81 bits per heavy atom. The van der Waals surface area contributed by atoms with Crippen LogP contribution >= 0.6 is 0 Å². The van der Waals surface area contributed by atoms with Gasteiger partial charge in [-0.3, -0.25) is 0 Å². The van der Waals surface area contributed by atoms with Gasteiger partial charge in [0, 0.05) is 17.5 Å². The maximum Gasteiger partial charge on any atom is 0.344 e. The Kier molecular flexibility index (Phi) is 2.29. The van der Waals surface area contributed by atoms with Gasteiger partial charge in [0.2, 0.25) is 6.79 Å². The van der Waals surface area contributed by atoms with Gasteiger partial charge in [-0.05, 0) is 12.1 Å². The first-order valence-electron chi connectivity index (χ1n) is 6.24. The summed E-state index contributed by atoms with van der Waals surface area (Å²) in [6.45, 7) is 0.118. The minimum Gasteiger partial charge on any atom is -0.508 e. The third-order valence-corrected chi connectivity index (χ3v) is 3.48. The molecular formula is C15H10O6. The number of fused-ring (bicyclic) bond motifs is 4. The van der Waals surface area contributed by atoms with E-state index in [1.165, 1.54) is 19.2 Å². The quantitative estimate of drug-likeness (QED) is 0.546. The first-order chi connectivity index (χ1) is 10.2. The summed E-state index contributed by atoms with van der Waals surface area (Å²) in [4.78, 5) is 12.1. The highest BCUT2D eigenvalue weighted by Crippen LogP contribution is 2.40. The molecule has 0 spiro atoms. The van der Waals surface area contributed by atoms with E-state index in [0.29, 0.717) is 33.4 Å². The fourth-order valence-electron chi connectivity index (χ4n) is 2.56. The van der Waals surface area contributed by atoms with E-state index in [1.54, 1.807) is 12.1 Å². The van der Waals surface area contributed by atoms with Crippen molar-refractivity contribution in [3.05, 3.63) is 34.7 Å². The van der Waals surface area contributed by atoms with Crippen LogP contribution in [0.15, 0.2) is 33.5 Å². The molecule has 0 fully saturated rings. The number of ether oxygens (including phenoxy) is 3. The highest BCUT2D eigenvalue weighted by Gasteiger charge is 2.20. The number of phenolic OH excluding ortho intramolecular Hbond substituents is 1. The second-order valence-corrected chi connectivity index (χ2v) is 4.66. The Labute approximate surface area is 118 Å². The molecule has 4 rings (SSSR count). The van der Waals surface area contributed by atoms with Crippen LogP contribution in [0, 0.1) is 0 Å². The van der Waals surface area contributed by atoms with E-state index in [-0.39, 0.29) is 18.1 Å². The lowest BCUT2D eigenvalue weighted by Gasteiger charge is -2.09. The molecule has 1 aliphatic heterocycles. The molecule has 3 aromatic rings. The number of phenols is 1. The van der Waals surface area contributed by atoms with Gasteiger partial charge in [-0.25, -0.2) is 4.79 Å². The molecule has 21 heavy (non-hydrogen) atoms. The highest BCUT2D eigenvalue weighted by atomic mass is 16.7. The molecule has 1 aliphatic rings. The van der Waals surface area contributed by atoms with Gasteiger partial charge in [0.25, 0.3) is 0 Å². The van der Waals surface area contributed by atoms with Crippen molar-refractivity contribution < 1.29 is 23.7 Å². The summed E-state index contributed by atoms with van der Waals surface area (Å²) in [6, 6.07) is 6.15. The zero-order valence-corrected chi connectivity index (χ0v) is 11.0. The summed E-state index contributed by atoms with van der Waals surface area (Å²) >= 11 is 0. The molecule has 0 unspecified atom stereocenters. The van der Waals surface area contributed by atoms with Crippen LogP contribution in [0.4, 0.5) is 0 Å². The monoisotopic (exact) mass is 286 g/mol. The topological polar surface area (TPSA) is 78.1 Å². The molecule has 2 heterocycles. The van der Waals surface area contributed by atoms with E-state index in [9.17, 15) is 9.90 Å². The van der Waals surface area contributed by atoms with Gasteiger partial charge in [-0.2, -0.15) is 0 Å². The Bertz CT molecular complexity index is 940. The van der Waals surface area contributed by atoms with Crippen molar-refractivity contribution in [3.63, 3.8) is 0 Å². The summed E-state index contributed by atoms with van der Waals surface area (Å²) in [5.41, 5.74) is -0.258. The van der Waals surface area contributed by atoms with E-state index in [2.05, 4.69) is 0 Å².